The highest BCUT2D eigenvalue weighted by Gasteiger charge is 2.32. The Bertz CT molecular complexity index is 1070. The number of hydrogen-bond donors (Lipinski definition) is 1. The Morgan fingerprint density at radius 1 is 1.06 bits per heavy atom. The van der Waals surface area contributed by atoms with Gasteiger partial charge >= 0.3 is 0 Å². The second-order valence-corrected chi connectivity index (χ2v) is 10.6. The van der Waals surface area contributed by atoms with Crippen LogP contribution in [0.25, 0.3) is 0 Å². The maximum atomic E-state index is 13.6. The zero-order valence-electron chi connectivity index (χ0n) is 19.6. The zero-order valence-corrected chi connectivity index (χ0v) is 20.4. The van der Waals surface area contributed by atoms with E-state index in [1.54, 1.807) is 42.5 Å². The third kappa shape index (κ3) is 6.79. The first kappa shape index (κ1) is 25.7. The number of sulfonamides is 1. The van der Waals surface area contributed by atoms with E-state index in [4.69, 9.17) is 0 Å². The van der Waals surface area contributed by atoms with Gasteiger partial charge in [0.2, 0.25) is 21.8 Å². The van der Waals surface area contributed by atoms with Gasteiger partial charge in [0.25, 0.3) is 0 Å². The van der Waals surface area contributed by atoms with Crippen molar-refractivity contribution < 1.29 is 22.4 Å². The van der Waals surface area contributed by atoms with E-state index in [0.29, 0.717) is 17.7 Å². The van der Waals surface area contributed by atoms with E-state index in [-0.39, 0.29) is 18.5 Å². The number of nitrogens with zero attached hydrogens (tertiary/aromatic N) is 2. The molecule has 0 unspecified atom stereocenters. The van der Waals surface area contributed by atoms with E-state index in [9.17, 15) is 22.4 Å². The van der Waals surface area contributed by atoms with Gasteiger partial charge in [-0.2, -0.15) is 0 Å². The number of hydrogen-bond acceptors (Lipinski definition) is 4. The summed E-state index contributed by atoms with van der Waals surface area (Å²) in [6.07, 6.45) is 5.33. The van der Waals surface area contributed by atoms with Crippen LogP contribution in [0.3, 0.4) is 0 Å². The number of anilines is 1. The highest BCUT2D eigenvalue weighted by Crippen LogP contribution is 2.21. The Labute approximate surface area is 201 Å². The molecule has 1 aliphatic carbocycles. The fourth-order valence-electron chi connectivity index (χ4n) is 4.28. The summed E-state index contributed by atoms with van der Waals surface area (Å²) in [6, 6.07) is 13.4. The second kappa shape index (κ2) is 11.5. The third-order valence-electron chi connectivity index (χ3n) is 6.08. The molecule has 0 aliphatic heterocycles. The van der Waals surface area contributed by atoms with Gasteiger partial charge in [-0.3, -0.25) is 13.9 Å². The van der Waals surface area contributed by atoms with Gasteiger partial charge in [0.05, 0.1) is 11.9 Å². The Morgan fingerprint density at radius 3 is 2.24 bits per heavy atom. The van der Waals surface area contributed by atoms with E-state index in [0.717, 1.165) is 36.2 Å². The number of benzene rings is 2. The van der Waals surface area contributed by atoms with Crippen LogP contribution in [0.2, 0.25) is 0 Å². The highest BCUT2D eigenvalue weighted by atomic mass is 32.2. The van der Waals surface area contributed by atoms with E-state index in [2.05, 4.69) is 5.32 Å². The lowest BCUT2D eigenvalue weighted by Gasteiger charge is -2.33. The van der Waals surface area contributed by atoms with Gasteiger partial charge in [0, 0.05) is 12.6 Å². The first-order valence-corrected chi connectivity index (χ1v) is 13.4. The van der Waals surface area contributed by atoms with Gasteiger partial charge in [-0.1, -0.05) is 50.1 Å². The molecule has 0 aromatic heterocycles. The van der Waals surface area contributed by atoms with E-state index in [1.165, 1.54) is 17.0 Å². The quantitative estimate of drug-likeness (QED) is 0.554. The summed E-state index contributed by atoms with van der Waals surface area (Å²) >= 11 is 0. The minimum atomic E-state index is -3.76. The molecule has 1 N–H and O–H groups in total. The van der Waals surface area contributed by atoms with Crippen molar-refractivity contribution in [2.75, 3.05) is 17.1 Å². The van der Waals surface area contributed by atoms with Crippen LogP contribution in [0.4, 0.5) is 10.1 Å². The Hall–Kier alpha value is -2.94. The number of para-hydroxylation sites is 1. The van der Waals surface area contributed by atoms with Crippen LogP contribution >= 0.6 is 0 Å². The van der Waals surface area contributed by atoms with Crippen molar-refractivity contribution >= 4 is 27.5 Å². The van der Waals surface area contributed by atoms with Crippen molar-refractivity contribution in [2.24, 2.45) is 0 Å². The lowest BCUT2D eigenvalue weighted by atomic mass is 10.1. The highest BCUT2D eigenvalue weighted by molar-refractivity contribution is 7.92. The molecule has 0 saturated heterocycles. The maximum absolute atomic E-state index is 13.6. The van der Waals surface area contributed by atoms with Crippen LogP contribution < -0.4 is 9.62 Å². The van der Waals surface area contributed by atoms with Crippen LogP contribution in [0.5, 0.6) is 0 Å². The number of amides is 2. The fraction of sp³-hybridized carbons (Fsp3) is 0.440. The van der Waals surface area contributed by atoms with Gasteiger partial charge in [0.1, 0.15) is 18.4 Å². The number of nitrogens with one attached hydrogen (secondary N) is 1. The van der Waals surface area contributed by atoms with Crippen LogP contribution in [-0.4, -0.2) is 50.0 Å². The molecule has 2 amide bonds. The predicted molar refractivity (Wildman–Crippen MR) is 130 cm³/mol. The molecule has 184 valence electrons. The number of halogens is 1. The zero-order chi connectivity index (χ0) is 24.7. The van der Waals surface area contributed by atoms with Crippen LogP contribution in [0, 0.1) is 5.82 Å². The molecule has 1 atom stereocenters. The van der Waals surface area contributed by atoms with Gasteiger partial charge in [-0.15, -0.1) is 0 Å². The van der Waals surface area contributed by atoms with Crippen molar-refractivity contribution in [3.63, 3.8) is 0 Å². The van der Waals surface area contributed by atoms with Gasteiger partial charge < -0.3 is 10.2 Å². The summed E-state index contributed by atoms with van der Waals surface area (Å²) in [5.74, 6) is -1.16. The van der Waals surface area contributed by atoms with Gasteiger partial charge in [-0.25, -0.2) is 12.8 Å². The Morgan fingerprint density at radius 2 is 1.68 bits per heavy atom. The number of rotatable bonds is 10. The number of carbonyl (C=O) groups excluding carboxylic acids is 2. The first-order valence-electron chi connectivity index (χ1n) is 11.6. The molecule has 34 heavy (non-hydrogen) atoms. The summed E-state index contributed by atoms with van der Waals surface area (Å²) in [7, 11) is -3.76. The van der Waals surface area contributed by atoms with Gasteiger partial charge in [0.15, 0.2) is 0 Å². The topological polar surface area (TPSA) is 86.8 Å². The first-order chi connectivity index (χ1) is 16.2. The third-order valence-corrected chi connectivity index (χ3v) is 7.22. The van der Waals surface area contributed by atoms with Crippen molar-refractivity contribution in [3.8, 4) is 0 Å². The standard InChI is InChI=1S/C25H32FN3O4S/c1-3-23(25(31)27-21-9-7-8-10-21)28(17-19-13-15-20(26)16-14-19)24(30)18-29(34(2,32)33)22-11-5-4-6-12-22/h4-6,11-16,21,23H,3,7-10,17-18H2,1-2H3,(H,27,31)/t23-/m0/s1. The Balaban J connectivity index is 1.89. The van der Waals surface area contributed by atoms with Crippen LogP contribution in [-0.2, 0) is 26.2 Å². The van der Waals surface area contributed by atoms with Crippen molar-refractivity contribution in [1.82, 2.24) is 10.2 Å². The lowest BCUT2D eigenvalue weighted by Crippen LogP contribution is -2.53. The smallest absolute Gasteiger partial charge is 0.244 e. The largest absolute Gasteiger partial charge is 0.352 e. The van der Waals surface area contributed by atoms with Crippen LogP contribution in [0.15, 0.2) is 54.6 Å². The normalized spacial score (nSPS) is 15.0. The minimum Gasteiger partial charge on any atom is -0.352 e. The summed E-state index contributed by atoms with van der Waals surface area (Å²) in [4.78, 5) is 28.1. The van der Waals surface area contributed by atoms with Gasteiger partial charge in [-0.05, 0) is 49.1 Å². The summed E-state index contributed by atoms with van der Waals surface area (Å²) in [5.41, 5.74) is 1.01. The molecule has 1 aliphatic rings. The number of carbonyl (C=O) groups is 2. The summed E-state index contributed by atoms with van der Waals surface area (Å²) < 4.78 is 39.5. The molecular weight excluding hydrogens is 457 g/mol. The van der Waals surface area contributed by atoms with E-state index >= 15 is 0 Å². The molecule has 0 radical (unpaired) electrons. The molecule has 0 heterocycles. The molecular formula is C25H32FN3O4S. The lowest BCUT2D eigenvalue weighted by molar-refractivity contribution is -0.140. The van der Waals surface area contributed by atoms with Crippen molar-refractivity contribution in [1.29, 1.82) is 0 Å². The van der Waals surface area contributed by atoms with E-state index in [1.807, 2.05) is 6.92 Å². The molecule has 2 aromatic rings. The average Bonchev–Trinajstić information content (AvgIpc) is 3.31. The monoisotopic (exact) mass is 489 g/mol. The molecule has 7 nitrogen and oxygen atoms in total. The molecule has 3 rings (SSSR count). The molecule has 9 heteroatoms. The molecule has 1 saturated carbocycles. The maximum Gasteiger partial charge on any atom is 0.244 e. The molecule has 0 spiro atoms. The van der Waals surface area contributed by atoms with Crippen LogP contribution in [0.1, 0.15) is 44.6 Å². The van der Waals surface area contributed by atoms with Crippen molar-refractivity contribution in [3.05, 3.63) is 66.0 Å². The molecule has 0 bridgehead atoms. The second-order valence-electron chi connectivity index (χ2n) is 8.67. The van der Waals surface area contributed by atoms with E-state index < -0.39 is 34.3 Å². The molecule has 1 fully saturated rings. The Kier molecular flexibility index (Phi) is 8.66. The minimum absolute atomic E-state index is 0.0576. The molecule has 2 aromatic carbocycles. The fourth-order valence-corrected chi connectivity index (χ4v) is 5.13. The summed E-state index contributed by atoms with van der Waals surface area (Å²) in [6.45, 7) is 1.43. The average molecular weight is 490 g/mol. The van der Waals surface area contributed by atoms with Crippen molar-refractivity contribution in [2.45, 2.75) is 57.7 Å². The summed E-state index contributed by atoms with van der Waals surface area (Å²) in [5, 5.41) is 3.05. The SMILES string of the molecule is CC[C@@H](C(=O)NC1CCCC1)N(Cc1ccc(F)cc1)C(=O)CN(c1ccccc1)S(C)(=O)=O. The predicted octanol–water partition coefficient (Wildman–Crippen LogP) is 3.46.